The number of nitrogens with zero attached hydrogens (tertiary/aromatic N) is 2. The number of rotatable bonds is 5. The molecule has 3 aromatic rings. The maximum atomic E-state index is 13.5. The van der Waals surface area contributed by atoms with Gasteiger partial charge in [0, 0.05) is 5.69 Å². The molecule has 0 bridgehead atoms. The lowest BCUT2D eigenvalue weighted by Crippen LogP contribution is -2.28. The summed E-state index contributed by atoms with van der Waals surface area (Å²) in [5.74, 6) is -1.83. The molecule has 0 saturated heterocycles. The molecular formula is C19H16FN3O4. The van der Waals surface area contributed by atoms with Gasteiger partial charge in [0.05, 0.1) is 17.2 Å². The average Bonchev–Trinajstić information content (AvgIpc) is 2.65. The fourth-order valence-electron chi connectivity index (χ4n) is 2.42. The highest BCUT2D eigenvalue weighted by atomic mass is 19.1. The van der Waals surface area contributed by atoms with Crippen LogP contribution in [0.3, 0.4) is 0 Å². The van der Waals surface area contributed by atoms with Gasteiger partial charge in [0.15, 0.2) is 6.61 Å². The molecule has 0 aliphatic heterocycles. The Balaban J connectivity index is 1.58. The number of carbonyl (C=O) groups excluding carboxylic acids is 2. The van der Waals surface area contributed by atoms with E-state index in [1.165, 1.54) is 18.5 Å². The van der Waals surface area contributed by atoms with Crippen molar-refractivity contribution in [1.82, 2.24) is 9.55 Å². The molecular weight excluding hydrogens is 353 g/mol. The van der Waals surface area contributed by atoms with Gasteiger partial charge in [-0.25, -0.2) is 9.37 Å². The molecule has 0 fully saturated rings. The highest BCUT2D eigenvalue weighted by molar-refractivity contribution is 5.92. The Labute approximate surface area is 153 Å². The number of hydrogen-bond donors (Lipinski definition) is 1. The minimum Gasteiger partial charge on any atom is -0.454 e. The zero-order valence-electron chi connectivity index (χ0n) is 14.4. The van der Waals surface area contributed by atoms with Gasteiger partial charge in [-0.1, -0.05) is 18.2 Å². The molecule has 3 rings (SSSR count). The number of anilines is 1. The number of aromatic nitrogens is 2. The fraction of sp³-hybridized carbons (Fsp3) is 0.158. The molecule has 0 spiro atoms. The van der Waals surface area contributed by atoms with Gasteiger partial charge in [-0.3, -0.25) is 19.0 Å². The van der Waals surface area contributed by atoms with E-state index < -0.39 is 24.3 Å². The van der Waals surface area contributed by atoms with Crippen LogP contribution in [0.4, 0.5) is 10.1 Å². The first kappa shape index (κ1) is 18.2. The summed E-state index contributed by atoms with van der Waals surface area (Å²) in [4.78, 5) is 40.1. The van der Waals surface area contributed by atoms with Crippen molar-refractivity contribution in [1.29, 1.82) is 0 Å². The third-order valence-electron chi connectivity index (χ3n) is 3.85. The highest BCUT2D eigenvalue weighted by Crippen LogP contribution is 2.13. The minimum absolute atomic E-state index is 0.258. The number of esters is 1. The van der Waals surface area contributed by atoms with E-state index in [1.807, 2.05) is 0 Å². The molecule has 0 aliphatic carbocycles. The average molecular weight is 369 g/mol. The summed E-state index contributed by atoms with van der Waals surface area (Å²) in [6.07, 6.45) is 1.25. The van der Waals surface area contributed by atoms with Crippen molar-refractivity contribution in [3.05, 3.63) is 70.5 Å². The van der Waals surface area contributed by atoms with Crippen LogP contribution in [-0.4, -0.2) is 28.0 Å². The van der Waals surface area contributed by atoms with Gasteiger partial charge < -0.3 is 10.1 Å². The number of amides is 1. The molecule has 0 radical (unpaired) electrons. The third-order valence-corrected chi connectivity index (χ3v) is 3.85. The molecule has 8 heteroatoms. The van der Waals surface area contributed by atoms with E-state index in [9.17, 15) is 18.8 Å². The van der Waals surface area contributed by atoms with Crippen LogP contribution in [0.25, 0.3) is 10.9 Å². The Morgan fingerprint density at radius 2 is 2.00 bits per heavy atom. The van der Waals surface area contributed by atoms with Crippen molar-refractivity contribution < 1.29 is 18.7 Å². The maximum absolute atomic E-state index is 13.5. The summed E-state index contributed by atoms with van der Waals surface area (Å²) in [5, 5.41) is 2.81. The molecule has 27 heavy (non-hydrogen) atoms. The molecule has 7 nitrogen and oxygen atoms in total. The highest BCUT2D eigenvalue weighted by Gasteiger charge is 2.12. The molecule has 1 heterocycles. The van der Waals surface area contributed by atoms with E-state index in [0.717, 1.165) is 4.57 Å². The first-order valence-corrected chi connectivity index (χ1v) is 8.10. The Kier molecular flexibility index (Phi) is 5.25. The van der Waals surface area contributed by atoms with Crippen molar-refractivity contribution in [2.24, 2.45) is 0 Å². The first-order valence-electron chi connectivity index (χ1n) is 8.10. The number of halogens is 1. The normalized spacial score (nSPS) is 10.6. The van der Waals surface area contributed by atoms with Gasteiger partial charge in [0.25, 0.3) is 11.5 Å². The number of fused-ring (bicyclic) bond motifs is 1. The van der Waals surface area contributed by atoms with E-state index >= 15 is 0 Å². The summed E-state index contributed by atoms with van der Waals surface area (Å²) in [6.45, 7) is 0.680. The molecule has 0 atom stereocenters. The molecule has 0 aliphatic rings. The lowest BCUT2D eigenvalue weighted by atomic mass is 10.2. The lowest BCUT2D eigenvalue weighted by Gasteiger charge is -2.09. The summed E-state index contributed by atoms with van der Waals surface area (Å²) in [7, 11) is 0. The van der Waals surface area contributed by atoms with Crippen molar-refractivity contribution in [2.45, 2.75) is 13.5 Å². The molecule has 1 N–H and O–H groups in total. The van der Waals surface area contributed by atoms with Gasteiger partial charge in [0.1, 0.15) is 12.4 Å². The van der Waals surface area contributed by atoms with Gasteiger partial charge in [0.2, 0.25) is 0 Å². The maximum Gasteiger partial charge on any atom is 0.326 e. The number of para-hydroxylation sites is 1. The fourth-order valence-corrected chi connectivity index (χ4v) is 2.42. The molecule has 0 unspecified atom stereocenters. The van der Waals surface area contributed by atoms with Crippen LogP contribution in [0.2, 0.25) is 0 Å². The van der Waals surface area contributed by atoms with Gasteiger partial charge in [-0.05, 0) is 36.8 Å². The first-order chi connectivity index (χ1) is 12.9. The zero-order valence-corrected chi connectivity index (χ0v) is 14.4. The minimum atomic E-state index is -0.764. The standard InChI is InChI=1S/C19H16FN3O4/c1-12-6-7-13(8-15(12)20)22-17(24)10-27-18(25)9-23-11-21-16-5-3-2-4-14(16)19(23)26/h2-8,11H,9-10H2,1H3,(H,22,24). The van der Waals surface area contributed by atoms with E-state index in [0.29, 0.717) is 16.5 Å². The van der Waals surface area contributed by atoms with Crippen LogP contribution < -0.4 is 10.9 Å². The number of nitrogens with one attached hydrogen (secondary N) is 1. The smallest absolute Gasteiger partial charge is 0.326 e. The Morgan fingerprint density at radius 3 is 2.78 bits per heavy atom. The topological polar surface area (TPSA) is 90.3 Å². The van der Waals surface area contributed by atoms with Crippen LogP contribution in [-0.2, 0) is 20.9 Å². The second-order valence-electron chi connectivity index (χ2n) is 5.87. The van der Waals surface area contributed by atoms with Gasteiger partial charge in [-0.15, -0.1) is 0 Å². The number of aryl methyl sites for hydroxylation is 1. The SMILES string of the molecule is Cc1ccc(NC(=O)COC(=O)Cn2cnc3ccccc3c2=O)cc1F. The third kappa shape index (κ3) is 4.35. The van der Waals surface area contributed by atoms with Crippen LogP contribution in [0.1, 0.15) is 5.56 Å². The predicted octanol–water partition coefficient (Wildman–Crippen LogP) is 2.03. The Hall–Kier alpha value is -3.55. The van der Waals surface area contributed by atoms with Gasteiger partial charge in [-0.2, -0.15) is 0 Å². The van der Waals surface area contributed by atoms with Crippen molar-refractivity contribution >= 4 is 28.5 Å². The number of benzene rings is 2. The van der Waals surface area contributed by atoms with Crippen LogP contribution >= 0.6 is 0 Å². The van der Waals surface area contributed by atoms with E-state index in [1.54, 1.807) is 37.3 Å². The predicted molar refractivity (Wildman–Crippen MR) is 96.7 cm³/mol. The second kappa shape index (κ2) is 7.77. The van der Waals surface area contributed by atoms with E-state index in [2.05, 4.69) is 10.3 Å². The van der Waals surface area contributed by atoms with Crippen molar-refractivity contribution in [3.63, 3.8) is 0 Å². The molecule has 1 amide bonds. The Bertz CT molecular complexity index is 1080. The monoisotopic (exact) mass is 369 g/mol. The van der Waals surface area contributed by atoms with E-state index in [-0.39, 0.29) is 17.8 Å². The van der Waals surface area contributed by atoms with Crippen LogP contribution in [0.15, 0.2) is 53.6 Å². The summed E-state index contributed by atoms with van der Waals surface area (Å²) < 4.78 is 19.4. The van der Waals surface area contributed by atoms with Crippen LogP contribution in [0, 0.1) is 12.7 Å². The van der Waals surface area contributed by atoms with Crippen molar-refractivity contribution in [3.8, 4) is 0 Å². The van der Waals surface area contributed by atoms with E-state index in [4.69, 9.17) is 4.74 Å². The molecule has 138 valence electrons. The lowest BCUT2D eigenvalue weighted by molar-refractivity contribution is -0.147. The zero-order chi connectivity index (χ0) is 19.4. The number of ether oxygens (including phenoxy) is 1. The summed E-state index contributed by atoms with van der Waals surface area (Å²) >= 11 is 0. The Morgan fingerprint density at radius 1 is 1.22 bits per heavy atom. The van der Waals surface area contributed by atoms with Crippen LogP contribution in [0.5, 0.6) is 0 Å². The summed E-state index contributed by atoms with van der Waals surface area (Å²) in [5.41, 5.74) is 0.858. The van der Waals surface area contributed by atoms with Gasteiger partial charge >= 0.3 is 5.97 Å². The molecule has 1 aromatic heterocycles. The second-order valence-corrected chi connectivity index (χ2v) is 5.87. The molecule has 0 saturated carbocycles. The largest absolute Gasteiger partial charge is 0.454 e. The number of hydrogen-bond acceptors (Lipinski definition) is 5. The number of carbonyl (C=O) groups is 2. The molecule has 2 aromatic carbocycles. The quantitative estimate of drug-likeness (QED) is 0.695. The summed E-state index contributed by atoms with van der Waals surface area (Å²) in [6, 6.07) is 11.0. The van der Waals surface area contributed by atoms with Crippen molar-refractivity contribution in [2.75, 3.05) is 11.9 Å².